The van der Waals surface area contributed by atoms with Gasteiger partial charge in [-0.2, -0.15) is 0 Å². The van der Waals surface area contributed by atoms with Crippen LogP contribution in [-0.2, 0) is 0 Å². The molecule has 3 rings (SSSR count). The van der Waals surface area contributed by atoms with Crippen molar-refractivity contribution in [3.8, 4) is 11.5 Å². The van der Waals surface area contributed by atoms with E-state index in [1.54, 1.807) is 44.4 Å². The molecule has 132 valence electrons. The lowest BCUT2D eigenvalue weighted by atomic mass is 10.00. The van der Waals surface area contributed by atoms with Crippen LogP contribution in [0.3, 0.4) is 0 Å². The van der Waals surface area contributed by atoms with Crippen LogP contribution in [0, 0.1) is 6.92 Å². The zero-order valence-electron chi connectivity index (χ0n) is 14.4. The first-order valence-electron chi connectivity index (χ1n) is 7.97. The molecule has 3 aromatic rings. The lowest BCUT2D eigenvalue weighted by Crippen LogP contribution is -2.34. The predicted octanol–water partition coefficient (Wildman–Crippen LogP) is 3.82. The minimum absolute atomic E-state index is 0.0473. The van der Waals surface area contributed by atoms with Gasteiger partial charge in [-0.15, -0.1) is 0 Å². The topological polar surface area (TPSA) is 87.7 Å². The Balaban J connectivity index is 1.77. The molecule has 0 radical (unpaired) electrons. The van der Waals surface area contributed by atoms with Crippen molar-refractivity contribution >= 4 is 28.4 Å². The summed E-state index contributed by atoms with van der Waals surface area (Å²) >= 11 is 0. The normalized spacial score (nSPS) is 10.4. The number of aryl methyl sites for hydroxylation is 1. The Kier molecular flexibility index (Phi) is 4.75. The van der Waals surface area contributed by atoms with Gasteiger partial charge in [-0.25, -0.2) is 4.79 Å². The highest BCUT2D eigenvalue weighted by Crippen LogP contribution is 2.30. The minimum Gasteiger partial charge on any atom is -0.507 e. The smallest absolute Gasteiger partial charge is 0.326 e. The van der Waals surface area contributed by atoms with Gasteiger partial charge in [0, 0.05) is 5.69 Å². The number of hydrogen-bond acceptors (Lipinski definition) is 4. The molecule has 0 fully saturated rings. The quantitative estimate of drug-likeness (QED) is 0.670. The minimum atomic E-state index is -0.689. The van der Waals surface area contributed by atoms with Crippen LogP contribution in [0.2, 0.25) is 0 Å². The number of ether oxygens (including phenoxy) is 1. The molecular weight excluding hydrogens is 332 g/mol. The summed E-state index contributed by atoms with van der Waals surface area (Å²) in [5.41, 5.74) is 1.14. The van der Waals surface area contributed by atoms with E-state index in [-0.39, 0.29) is 11.3 Å². The predicted molar refractivity (Wildman–Crippen MR) is 99.8 cm³/mol. The molecular formula is C20H18N2O4. The van der Waals surface area contributed by atoms with Crippen LogP contribution in [0.1, 0.15) is 15.9 Å². The van der Waals surface area contributed by atoms with E-state index < -0.39 is 11.9 Å². The van der Waals surface area contributed by atoms with Gasteiger partial charge in [-0.05, 0) is 53.6 Å². The summed E-state index contributed by atoms with van der Waals surface area (Å²) < 4.78 is 5.05. The van der Waals surface area contributed by atoms with Crippen molar-refractivity contribution in [1.82, 2.24) is 5.32 Å². The average Bonchev–Trinajstić information content (AvgIpc) is 2.65. The fourth-order valence-electron chi connectivity index (χ4n) is 2.70. The molecule has 3 N–H and O–H groups in total. The summed E-state index contributed by atoms with van der Waals surface area (Å²) in [7, 11) is 1.55. The summed E-state index contributed by atoms with van der Waals surface area (Å²) in [6, 6.07) is 15.0. The molecule has 0 atom stereocenters. The van der Waals surface area contributed by atoms with Crippen molar-refractivity contribution in [1.29, 1.82) is 0 Å². The van der Waals surface area contributed by atoms with E-state index >= 15 is 0 Å². The highest BCUT2D eigenvalue weighted by Gasteiger charge is 2.18. The molecule has 6 nitrogen and oxygen atoms in total. The number of urea groups is 1. The molecule has 0 heterocycles. The maximum absolute atomic E-state index is 12.4. The molecule has 6 heteroatoms. The number of fused-ring (bicyclic) bond motifs is 1. The molecule has 0 aromatic heterocycles. The monoisotopic (exact) mass is 350 g/mol. The first kappa shape index (κ1) is 17.3. The van der Waals surface area contributed by atoms with E-state index in [1.165, 1.54) is 0 Å². The number of rotatable bonds is 3. The third-order valence-electron chi connectivity index (χ3n) is 4.09. The van der Waals surface area contributed by atoms with Gasteiger partial charge in [0.25, 0.3) is 5.91 Å². The zero-order valence-corrected chi connectivity index (χ0v) is 14.4. The molecule has 3 aromatic carbocycles. The molecule has 0 bridgehead atoms. The van der Waals surface area contributed by atoms with Gasteiger partial charge >= 0.3 is 6.03 Å². The number of carbonyl (C=O) groups excluding carboxylic acids is 2. The number of nitrogens with one attached hydrogen (secondary N) is 2. The summed E-state index contributed by atoms with van der Waals surface area (Å²) in [5.74, 6) is -0.163. The first-order valence-corrected chi connectivity index (χ1v) is 7.97. The van der Waals surface area contributed by atoms with Gasteiger partial charge in [-0.1, -0.05) is 24.3 Å². The van der Waals surface area contributed by atoms with Crippen molar-refractivity contribution in [3.63, 3.8) is 0 Å². The van der Waals surface area contributed by atoms with Gasteiger partial charge in [0.05, 0.1) is 12.7 Å². The maximum Gasteiger partial charge on any atom is 0.326 e. The Bertz CT molecular complexity index is 981. The van der Waals surface area contributed by atoms with E-state index in [0.29, 0.717) is 17.0 Å². The van der Waals surface area contributed by atoms with E-state index in [4.69, 9.17) is 4.74 Å². The lowest BCUT2D eigenvalue weighted by molar-refractivity contribution is 0.0964. The molecule has 0 aliphatic rings. The average molecular weight is 350 g/mol. The van der Waals surface area contributed by atoms with Crippen LogP contribution in [0.25, 0.3) is 10.8 Å². The summed E-state index contributed by atoms with van der Waals surface area (Å²) in [6.45, 7) is 1.73. The summed E-state index contributed by atoms with van der Waals surface area (Å²) in [4.78, 5) is 24.5. The van der Waals surface area contributed by atoms with Gasteiger partial charge < -0.3 is 15.2 Å². The van der Waals surface area contributed by atoms with Crippen molar-refractivity contribution in [2.45, 2.75) is 6.92 Å². The zero-order chi connectivity index (χ0) is 18.7. The summed E-state index contributed by atoms with van der Waals surface area (Å²) in [6.07, 6.45) is 0. The molecule has 0 unspecified atom stereocenters. The summed E-state index contributed by atoms with van der Waals surface area (Å²) in [5, 5.41) is 16.8. The third kappa shape index (κ3) is 3.44. The highest BCUT2D eigenvalue weighted by molar-refractivity contribution is 6.11. The van der Waals surface area contributed by atoms with Crippen LogP contribution in [0.4, 0.5) is 10.5 Å². The number of phenolic OH excluding ortho intramolecular Hbond substituents is 1. The van der Waals surface area contributed by atoms with Crippen LogP contribution in [0.5, 0.6) is 11.5 Å². The number of amides is 3. The van der Waals surface area contributed by atoms with Gasteiger partial charge in [0.1, 0.15) is 11.5 Å². The van der Waals surface area contributed by atoms with Gasteiger partial charge in [0.15, 0.2) is 0 Å². The Morgan fingerprint density at radius 3 is 2.42 bits per heavy atom. The maximum atomic E-state index is 12.4. The first-order chi connectivity index (χ1) is 12.5. The fraction of sp³-hybridized carbons (Fsp3) is 0.100. The van der Waals surface area contributed by atoms with Gasteiger partial charge in [0.2, 0.25) is 0 Å². The molecule has 0 saturated carbocycles. The van der Waals surface area contributed by atoms with E-state index in [1.807, 2.05) is 24.3 Å². The lowest BCUT2D eigenvalue weighted by Gasteiger charge is -2.11. The van der Waals surface area contributed by atoms with Gasteiger partial charge in [-0.3, -0.25) is 10.1 Å². The molecule has 0 aliphatic heterocycles. The molecule has 0 aliphatic carbocycles. The van der Waals surface area contributed by atoms with Crippen molar-refractivity contribution in [2.75, 3.05) is 12.4 Å². The van der Waals surface area contributed by atoms with E-state index in [9.17, 15) is 14.7 Å². The second kappa shape index (κ2) is 7.14. The van der Waals surface area contributed by atoms with E-state index in [2.05, 4.69) is 10.6 Å². The Morgan fingerprint density at radius 1 is 1.04 bits per heavy atom. The van der Waals surface area contributed by atoms with Crippen LogP contribution in [0.15, 0.2) is 54.6 Å². The number of methoxy groups -OCH3 is 1. The third-order valence-corrected chi connectivity index (χ3v) is 4.09. The fourth-order valence-corrected chi connectivity index (χ4v) is 2.70. The number of hydrogen-bond donors (Lipinski definition) is 3. The van der Waals surface area contributed by atoms with Crippen LogP contribution >= 0.6 is 0 Å². The van der Waals surface area contributed by atoms with Crippen molar-refractivity contribution in [3.05, 3.63) is 65.7 Å². The highest BCUT2D eigenvalue weighted by atomic mass is 16.5. The molecule has 0 saturated heterocycles. The Morgan fingerprint density at radius 2 is 1.73 bits per heavy atom. The number of benzene rings is 3. The number of phenols is 1. The van der Waals surface area contributed by atoms with E-state index in [0.717, 1.165) is 10.8 Å². The van der Waals surface area contributed by atoms with Crippen molar-refractivity contribution in [2.24, 2.45) is 0 Å². The van der Waals surface area contributed by atoms with Crippen LogP contribution in [-0.4, -0.2) is 24.2 Å². The molecule has 3 amide bonds. The van der Waals surface area contributed by atoms with Crippen LogP contribution < -0.4 is 15.4 Å². The second-order valence-corrected chi connectivity index (χ2v) is 5.76. The standard InChI is InChI=1S/C20H18N2O4/c1-12-16-6-4-3-5-13(16)11-17(18(12)23)19(24)22-20(25)21-14-7-9-15(26-2)10-8-14/h3-11,23H,1-2H3,(H2,21,22,24,25). The number of aromatic hydroxyl groups is 1. The Hall–Kier alpha value is -3.54. The molecule has 0 spiro atoms. The number of anilines is 1. The van der Waals surface area contributed by atoms with Crippen molar-refractivity contribution < 1.29 is 19.4 Å². The largest absolute Gasteiger partial charge is 0.507 e. The number of imide groups is 1. The second-order valence-electron chi connectivity index (χ2n) is 5.76. The number of carbonyl (C=O) groups is 2. The SMILES string of the molecule is COc1ccc(NC(=O)NC(=O)c2cc3ccccc3c(C)c2O)cc1. The Labute approximate surface area is 150 Å². The molecule has 26 heavy (non-hydrogen) atoms.